The highest BCUT2D eigenvalue weighted by molar-refractivity contribution is 5.75. The molecule has 3 rings (SSSR count). The van der Waals surface area contributed by atoms with Gasteiger partial charge in [-0.15, -0.1) is 0 Å². The van der Waals surface area contributed by atoms with Gasteiger partial charge in [0.25, 0.3) is 0 Å². The topological polar surface area (TPSA) is 72.3 Å². The molecule has 7 nitrogen and oxygen atoms in total. The summed E-state index contributed by atoms with van der Waals surface area (Å²) in [6.07, 6.45) is 6.06. The van der Waals surface area contributed by atoms with Crippen molar-refractivity contribution in [2.45, 2.75) is 31.8 Å². The molecule has 2 heterocycles. The van der Waals surface area contributed by atoms with Gasteiger partial charge in [0.15, 0.2) is 0 Å². The average Bonchev–Trinajstić information content (AvgIpc) is 3.30. The molecule has 0 radical (unpaired) electrons. The predicted molar refractivity (Wildman–Crippen MR) is 89.7 cm³/mol. The Bertz CT molecular complexity index is 642. The fourth-order valence-corrected chi connectivity index (χ4v) is 3.07. The van der Waals surface area contributed by atoms with Crippen LogP contribution >= 0.6 is 0 Å². The number of amides is 2. The monoisotopic (exact) mass is 329 g/mol. The van der Waals surface area contributed by atoms with Crippen LogP contribution in [0.4, 0.5) is 4.79 Å². The zero-order chi connectivity index (χ0) is 16.8. The van der Waals surface area contributed by atoms with Gasteiger partial charge in [-0.2, -0.15) is 5.10 Å². The highest BCUT2D eigenvalue weighted by atomic mass is 16.5. The van der Waals surface area contributed by atoms with E-state index in [4.69, 9.17) is 4.74 Å². The lowest BCUT2D eigenvalue weighted by Crippen LogP contribution is -2.40. The highest BCUT2D eigenvalue weighted by Gasteiger charge is 2.29. The molecule has 0 unspecified atom stereocenters. The summed E-state index contributed by atoms with van der Waals surface area (Å²) in [5.41, 5.74) is 1.16. The SMILES string of the molecule is COc1ccc([C@@H]2CCCN2C(=O)NCCCn2cncn2)cc1. The van der Waals surface area contributed by atoms with Crippen molar-refractivity contribution in [1.29, 1.82) is 0 Å². The molecule has 1 aromatic carbocycles. The molecule has 0 spiro atoms. The van der Waals surface area contributed by atoms with E-state index in [-0.39, 0.29) is 12.1 Å². The lowest BCUT2D eigenvalue weighted by atomic mass is 10.0. The van der Waals surface area contributed by atoms with Gasteiger partial charge in [0.05, 0.1) is 13.2 Å². The number of ether oxygens (including phenoxy) is 1. The first-order chi connectivity index (χ1) is 11.8. The number of urea groups is 1. The van der Waals surface area contributed by atoms with Crippen molar-refractivity contribution >= 4 is 6.03 Å². The van der Waals surface area contributed by atoms with Gasteiger partial charge >= 0.3 is 6.03 Å². The fourth-order valence-electron chi connectivity index (χ4n) is 3.07. The van der Waals surface area contributed by atoms with Crippen LogP contribution in [0.15, 0.2) is 36.9 Å². The van der Waals surface area contributed by atoms with Gasteiger partial charge in [-0.05, 0) is 37.0 Å². The van der Waals surface area contributed by atoms with Gasteiger partial charge in [-0.25, -0.2) is 9.78 Å². The Labute approximate surface area is 141 Å². The quantitative estimate of drug-likeness (QED) is 0.825. The van der Waals surface area contributed by atoms with Crippen LogP contribution in [-0.2, 0) is 6.54 Å². The lowest BCUT2D eigenvalue weighted by molar-refractivity contribution is 0.192. The van der Waals surface area contributed by atoms with Crippen LogP contribution in [0.25, 0.3) is 0 Å². The maximum atomic E-state index is 12.5. The average molecular weight is 329 g/mol. The third-order valence-electron chi connectivity index (χ3n) is 4.32. The molecule has 0 aliphatic carbocycles. The number of nitrogens with one attached hydrogen (secondary N) is 1. The number of hydrogen-bond donors (Lipinski definition) is 1. The van der Waals surface area contributed by atoms with Crippen molar-refractivity contribution < 1.29 is 9.53 Å². The summed E-state index contributed by atoms with van der Waals surface area (Å²) in [6.45, 7) is 2.18. The van der Waals surface area contributed by atoms with E-state index in [1.807, 2.05) is 29.2 Å². The number of hydrogen-bond acceptors (Lipinski definition) is 4. The van der Waals surface area contributed by atoms with Crippen LogP contribution in [0, 0.1) is 0 Å². The number of likely N-dealkylation sites (tertiary alicyclic amines) is 1. The van der Waals surface area contributed by atoms with E-state index in [2.05, 4.69) is 15.4 Å². The van der Waals surface area contributed by atoms with E-state index < -0.39 is 0 Å². The van der Waals surface area contributed by atoms with Crippen LogP contribution in [0.2, 0.25) is 0 Å². The van der Waals surface area contributed by atoms with Crippen molar-refractivity contribution in [1.82, 2.24) is 25.0 Å². The summed E-state index contributed by atoms with van der Waals surface area (Å²) in [7, 11) is 1.66. The molecule has 0 bridgehead atoms. The normalized spacial score (nSPS) is 17.0. The number of rotatable bonds is 6. The standard InChI is InChI=1S/C17H23N5O2/c1-24-15-7-5-14(6-8-15)16-4-2-11-22(16)17(23)19-9-3-10-21-13-18-12-20-21/h5-8,12-13,16H,2-4,9-11H2,1H3,(H,19,23)/t16-/m0/s1. The smallest absolute Gasteiger partial charge is 0.317 e. The minimum atomic E-state index is 0.00640. The molecule has 1 aliphatic rings. The fraction of sp³-hybridized carbons (Fsp3) is 0.471. The number of methoxy groups -OCH3 is 1. The zero-order valence-corrected chi connectivity index (χ0v) is 13.9. The molecule has 7 heteroatoms. The van der Waals surface area contributed by atoms with Gasteiger partial charge in [0.1, 0.15) is 18.4 Å². The summed E-state index contributed by atoms with van der Waals surface area (Å²) >= 11 is 0. The Kier molecular flexibility index (Phi) is 5.30. The minimum absolute atomic E-state index is 0.00640. The molecule has 1 aromatic heterocycles. The largest absolute Gasteiger partial charge is 0.497 e. The number of carbonyl (C=O) groups is 1. The third-order valence-corrected chi connectivity index (χ3v) is 4.32. The summed E-state index contributed by atoms with van der Waals surface area (Å²) in [5.74, 6) is 0.834. The summed E-state index contributed by atoms with van der Waals surface area (Å²) in [4.78, 5) is 18.3. The second-order valence-electron chi connectivity index (χ2n) is 5.87. The molecule has 24 heavy (non-hydrogen) atoms. The van der Waals surface area contributed by atoms with Gasteiger partial charge in [-0.1, -0.05) is 12.1 Å². The maximum absolute atomic E-state index is 12.5. The molecule has 1 N–H and O–H groups in total. The van der Waals surface area contributed by atoms with Crippen LogP contribution in [-0.4, -0.2) is 45.9 Å². The van der Waals surface area contributed by atoms with Crippen LogP contribution in [0.5, 0.6) is 5.75 Å². The number of aromatic nitrogens is 3. The number of carbonyl (C=O) groups excluding carboxylic acids is 1. The van der Waals surface area contributed by atoms with Crippen LogP contribution in [0.3, 0.4) is 0 Å². The Morgan fingerprint density at radius 1 is 1.38 bits per heavy atom. The van der Waals surface area contributed by atoms with Crippen molar-refractivity contribution in [3.63, 3.8) is 0 Å². The second-order valence-corrected chi connectivity index (χ2v) is 5.87. The Hall–Kier alpha value is -2.57. The lowest BCUT2D eigenvalue weighted by Gasteiger charge is -2.25. The third kappa shape index (κ3) is 3.84. The van der Waals surface area contributed by atoms with E-state index in [9.17, 15) is 4.79 Å². The van der Waals surface area contributed by atoms with Crippen LogP contribution in [0.1, 0.15) is 30.9 Å². The van der Waals surface area contributed by atoms with E-state index in [1.165, 1.54) is 6.33 Å². The Morgan fingerprint density at radius 2 is 2.21 bits per heavy atom. The molecule has 2 aromatic rings. The summed E-state index contributed by atoms with van der Waals surface area (Å²) < 4.78 is 6.96. The molecule has 1 saturated heterocycles. The van der Waals surface area contributed by atoms with E-state index >= 15 is 0 Å². The second kappa shape index (κ2) is 7.81. The zero-order valence-electron chi connectivity index (χ0n) is 13.9. The van der Waals surface area contributed by atoms with E-state index in [0.29, 0.717) is 6.54 Å². The number of nitrogens with zero attached hydrogens (tertiary/aromatic N) is 4. The first-order valence-electron chi connectivity index (χ1n) is 8.29. The van der Waals surface area contributed by atoms with Crippen LogP contribution < -0.4 is 10.1 Å². The molecule has 2 amide bonds. The van der Waals surface area contributed by atoms with Gasteiger partial charge in [-0.3, -0.25) is 4.68 Å². The van der Waals surface area contributed by atoms with Crippen molar-refractivity contribution in [3.05, 3.63) is 42.5 Å². The number of benzene rings is 1. The van der Waals surface area contributed by atoms with Crippen molar-refractivity contribution in [2.24, 2.45) is 0 Å². The first kappa shape index (κ1) is 16.3. The molecular formula is C17H23N5O2. The highest BCUT2D eigenvalue weighted by Crippen LogP contribution is 2.32. The maximum Gasteiger partial charge on any atom is 0.317 e. The first-order valence-corrected chi connectivity index (χ1v) is 8.29. The van der Waals surface area contributed by atoms with E-state index in [0.717, 1.165) is 43.7 Å². The molecular weight excluding hydrogens is 306 g/mol. The Morgan fingerprint density at radius 3 is 2.92 bits per heavy atom. The summed E-state index contributed by atoms with van der Waals surface area (Å²) in [5, 5.41) is 7.06. The minimum Gasteiger partial charge on any atom is -0.497 e. The van der Waals surface area contributed by atoms with Crippen molar-refractivity contribution in [2.75, 3.05) is 20.2 Å². The van der Waals surface area contributed by atoms with Gasteiger partial charge < -0.3 is 15.0 Å². The van der Waals surface area contributed by atoms with Crippen molar-refractivity contribution in [3.8, 4) is 5.75 Å². The molecule has 1 atom stereocenters. The molecule has 0 saturated carbocycles. The van der Waals surface area contributed by atoms with Gasteiger partial charge in [0.2, 0.25) is 0 Å². The molecule has 1 fully saturated rings. The van der Waals surface area contributed by atoms with E-state index in [1.54, 1.807) is 18.1 Å². The molecule has 128 valence electrons. The number of aryl methyl sites for hydroxylation is 1. The Balaban J connectivity index is 1.51. The van der Waals surface area contributed by atoms with Gasteiger partial charge in [0, 0.05) is 19.6 Å². The summed E-state index contributed by atoms with van der Waals surface area (Å²) in [6, 6.07) is 8.13. The predicted octanol–water partition coefficient (Wildman–Crippen LogP) is 2.22. The molecule has 1 aliphatic heterocycles.